The van der Waals surface area contributed by atoms with Crippen LogP contribution in [0.1, 0.15) is 63.0 Å². The van der Waals surface area contributed by atoms with Gasteiger partial charge < -0.3 is 26.0 Å². The maximum atomic E-state index is 13.9. The summed E-state index contributed by atoms with van der Waals surface area (Å²) in [5.41, 5.74) is 1.70. The highest BCUT2D eigenvalue weighted by atomic mass is 16.3. The summed E-state index contributed by atoms with van der Waals surface area (Å²) >= 11 is 0. The van der Waals surface area contributed by atoms with Crippen LogP contribution < -0.4 is 16.0 Å². The number of hydrogen-bond acceptors (Lipinski definition) is 6. The second-order valence-electron chi connectivity index (χ2n) is 11.5. The number of ketones is 1. The molecule has 2 heterocycles. The first-order chi connectivity index (χ1) is 20.7. The fraction of sp³-hybridized carbons (Fsp3) is 0.485. The van der Waals surface area contributed by atoms with Gasteiger partial charge >= 0.3 is 0 Å². The van der Waals surface area contributed by atoms with Crippen LogP contribution in [0.3, 0.4) is 0 Å². The average Bonchev–Trinajstić information content (AvgIpc) is 3.50. The maximum Gasteiger partial charge on any atom is 0.246 e. The van der Waals surface area contributed by atoms with Gasteiger partial charge in [0.15, 0.2) is 5.78 Å². The van der Waals surface area contributed by atoms with Crippen LogP contribution >= 0.6 is 0 Å². The lowest BCUT2D eigenvalue weighted by Crippen LogP contribution is -2.61. The van der Waals surface area contributed by atoms with Crippen molar-refractivity contribution in [3.05, 3.63) is 71.8 Å². The molecule has 4 amide bonds. The molecule has 4 rings (SSSR count). The van der Waals surface area contributed by atoms with Crippen LogP contribution in [0.25, 0.3) is 0 Å². The summed E-state index contributed by atoms with van der Waals surface area (Å²) in [6.07, 6.45) is 2.83. The fourth-order valence-electron chi connectivity index (χ4n) is 5.73. The third-order valence-electron chi connectivity index (χ3n) is 8.17. The monoisotopic (exact) mass is 590 g/mol. The largest absolute Gasteiger partial charge is 0.386 e. The Kier molecular flexibility index (Phi) is 11.4. The van der Waals surface area contributed by atoms with Crippen LogP contribution in [-0.4, -0.2) is 76.2 Å². The molecule has 2 aliphatic heterocycles. The average molecular weight is 591 g/mol. The molecule has 4 N–H and O–H groups in total. The van der Waals surface area contributed by atoms with E-state index in [2.05, 4.69) is 16.0 Å². The van der Waals surface area contributed by atoms with Crippen LogP contribution in [0.4, 0.5) is 0 Å². The number of unbranched alkanes of at least 4 members (excludes halogenated alkanes) is 2. The number of hydrogen-bond donors (Lipinski definition) is 4. The van der Waals surface area contributed by atoms with E-state index in [9.17, 15) is 29.1 Å². The maximum absolute atomic E-state index is 13.9. The lowest BCUT2D eigenvalue weighted by atomic mass is 10.00. The molecule has 230 valence electrons. The highest BCUT2D eigenvalue weighted by Gasteiger charge is 2.40. The standard InChI is InChI=1S/C33H42N4O6/c1-22(38)29(39)18-10-4-9-16-25-30(40)35-26(20-23-12-5-2-6-13-23)31(41)36-27(21-24-14-7-3-8-15-24)33(43)37-19-11-17-28(37)32(42)34-25/h2-3,5-8,12-15,22,25-28,38H,4,9-11,16-21H2,1H3,(H,34,42)(H,35,40)(H,36,41)/t22-,25+,26-,27+,28-/m1/s1. The molecule has 0 bridgehead atoms. The van der Waals surface area contributed by atoms with Crippen LogP contribution in [-0.2, 0) is 36.8 Å². The number of carbonyl (C=O) groups excluding carboxylic acids is 5. The molecular formula is C33H42N4O6. The van der Waals surface area contributed by atoms with E-state index >= 15 is 0 Å². The minimum absolute atomic E-state index is 0.207. The molecule has 2 aromatic carbocycles. The van der Waals surface area contributed by atoms with Gasteiger partial charge in [0.1, 0.15) is 30.3 Å². The summed E-state index contributed by atoms with van der Waals surface area (Å²) in [5.74, 6) is -1.88. The Morgan fingerprint density at radius 1 is 0.791 bits per heavy atom. The van der Waals surface area contributed by atoms with Crippen LogP contribution in [0.5, 0.6) is 0 Å². The lowest BCUT2D eigenvalue weighted by Gasteiger charge is -2.32. The van der Waals surface area contributed by atoms with E-state index in [1.165, 1.54) is 11.8 Å². The predicted molar refractivity (Wildman–Crippen MR) is 161 cm³/mol. The molecule has 2 aliphatic rings. The van der Waals surface area contributed by atoms with E-state index in [0.29, 0.717) is 45.1 Å². The van der Waals surface area contributed by atoms with Crippen LogP contribution in [0.2, 0.25) is 0 Å². The van der Waals surface area contributed by atoms with Gasteiger partial charge in [-0.1, -0.05) is 73.5 Å². The van der Waals surface area contributed by atoms with Crippen molar-refractivity contribution in [3.8, 4) is 0 Å². The molecule has 43 heavy (non-hydrogen) atoms. The number of amides is 4. The van der Waals surface area contributed by atoms with E-state index in [-0.39, 0.29) is 36.9 Å². The molecule has 10 nitrogen and oxygen atoms in total. The van der Waals surface area contributed by atoms with E-state index in [0.717, 1.165) is 11.1 Å². The first kappa shape index (κ1) is 31.9. The van der Waals surface area contributed by atoms with Crippen LogP contribution in [0, 0.1) is 0 Å². The Balaban J connectivity index is 1.57. The third kappa shape index (κ3) is 8.97. The van der Waals surface area contributed by atoms with Gasteiger partial charge in [-0.05, 0) is 43.7 Å². The molecule has 0 aliphatic carbocycles. The quantitative estimate of drug-likeness (QED) is 0.294. The van der Waals surface area contributed by atoms with Gasteiger partial charge in [-0.3, -0.25) is 24.0 Å². The lowest BCUT2D eigenvalue weighted by molar-refractivity contribution is -0.143. The Hall–Kier alpha value is -4.05. The first-order valence-electron chi connectivity index (χ1n) is 15.2. The number of benzene rings is 2. The van der Waals surface area contributed by atoms with Crippen molar-refractivity contribution in [2.45, 2.75) is 95.0 Å². The zero-order chi connectivity index (χ0) is 30.8. The zero-order valence-electron chi connectivity index (χ0n) is 24.7. The van der Waals surface area contributed by atoms with Gasteiger partial charge in [-0.25, -0.2) is 0 Å². The number of fused-ring (bicyclic) bond motifs is 1. The molecule has 0 unspecified atom stereocenters. The second-order valence-corrected chi connectivity index (χ2v) is 11.5. The zero-order valence-corrected chi connectivity index (χ0v) is 24.7. The van der Waals surface area contributed by atoms with Crippen molar-refractivity contribution in [1.82, 2.24) is 20.9 Å². The van der Waals surface area contributed by atoms with Gasteiger partial charge in [0.05, 0.1) is 0 Å². The minimum atomic E-state index is -1.01. The molecule has 2 fully saturated rings. The SMILES string of the molecule is C[C@@H](O)C(=O)CCCCC[C@@H]1NC(=O)[C@H]2CCCN2C(=O)[C@H](Cc2ccccc2)NC(=O)[C@@H](Cc2ccccc2)NC1=O. The van der Waals surface area contributed by atoms with Gasteiger partial charge in [0.25, 0.3) is 0 Å². The molecule has 0 saturated carbocycles. The smallest absolute Gasteiger partial charge is 0.246 e. The minimum Gasteiger partial charge on any atom is -0.386 e. The van der Waals surface area contributed by atoms with Crippen LogP contribution in [0.15, 0.2) is 60.7 Å². The van der Waals surface area contributed by atoms with Crippen molar-refractivity contribution in [1.29, 1.82) is 0 Å². The second kappa shape index (κ2) is 15.4. The van der Waals surface area contributed by atoms with Crippen molar-refractivity contribution in [2.75, 3.05) is 6.54 Å². The normalized spacial score (nSPS) is 23.7. The molecule has 0 aromatic heterocycles. The van der Waals surface area contributed by atoms with E-state index in [1.807, 2.05) is 60.7 Å². The highest BCUT2D eigenvalue weighted by Crippen LogP contribution is 2.21. The van der Waals surface area contributed by atoms with Gasteiger partial charge in [0.2, 0.25) is 23.6 Å². The first-order valence-corrected chi connectivity index (χ1v) is 15.2. The number of nitrogens with one attached hydrogen (secondary N) is 3. The summed E-state index contributed by atoms with van der Waals surface area (Å²) in [4.78, 5) is 68.1. The number of rotatable bonds is 11. The van der Waals surface area contributed by atoms with Gasteiger partial charge in [-0.15, -0.1) is 0 Å². The summed E-state index contributed by atoms with van der Waals surface area (Å²) in [6.45, 7) is 1.83. The molecule has 10 heteroatoms. The highest BCUT2D eigenvalue weighted by molar-refractivity contribution is 5.98. The predicted octanol–water partition coefficient (Wildman–Crippen LogP) is 1.83. The number of carbonyl (C=O) groups is 5. The van der Waals surface area contributed by atoms with Crippen molar-refractivity contribution in [2.24, 2.45) is 0 Å². The van der Waals surface area contributed by atoms with E-state index in [1.54, 1.807) is 0 Å². The molecule has 0 radical (unpaired) electrons. The number of Topliss-reactive ketones (excluding diaryl/α,β-unsaturated/α-hetero) is 1. The summed E-state index contributed by atoms with van der Waals surface area (Å²) in [6, 6.07) is 15.2. The van der Waals surface area contributed by atoms with Crippen molar-refractivity contribution < 1.29 is 29.1 Å². The molecular weight excluding hydrogens is 548 g/mol. The van der Waals surface area contributed by atoms with Gasteiger partial charge in [0, 0.05) is 25.8 Å². The Morgan fingerprint density at radius 3 is 1.98 bits per heavy atom. The summed E-state index contributed by atoms with van der Waals surface area (Å²) in [5, 5.41) is 18.1. The fourth-order valence-corrected chi connectivity index (χ4v) is 5.73. The van der Waals surface area contributed by atoms with E-state index < -0.39 is 42.1 Å². The molecule has 0 spiro atoms. The van der Waals surface area contributed by atoms with E-state index in [4.69, 9.17) is 0 Å². The topological polar surface area (TPSA) is 145 Å². The number of aliphatic hydroxyl groups excluding tert-OH is 1. The molecule has 2 aromatic rings. The number of aliphatic hydroxyl groups is 1. The summed E-state index contributed by atoms with van der Waals surface area (Å²) in [7, 11) is 0. The Bertz CT molecular complexity index is 1270. The molecule has 2 saturated heterocycles. The number of nitrogens with zero attached hydrogens (tertiary/aromatic N) is 1. The Labute approximate surface area is 252 Å². The molecule has 5 atom stereocenters. The Morgan fingerprint density at radius 2 is 1.35 bits per heavy atom. The van der Waals surface area contributed by atoms with Gasteiger partial charge in [-0.2, -0.15) is 0 Å². The van der Waals surface area contributed by atoms with Crippen molar-refractivity contribution in [3.63, 3.8) is 0 Å². The summed E-state index contributed by atoms with van der Waals surface area (Å²) < 4.78 is 0. The van der Waals surface area contributed by atoms with Crippen molar-refractivity contribution >= 4 is 29.4 Å². The third-order valence-corrected chi connectivity index (χ3v) is 8.17.